The van der Waals surface area contributed by atoms with Gasteiger partial charge in [0.25, 0.3) is 0 Å². The maximum absolute atomic E-state index is 12.1. The number of methoxy groups -OCH3 is 1. The molecule has 0 radical (unpaired) electrons. The maximum Gasteiger partial charge on any atom is 0.243 e. The molecule has 0 unspecified atom stereocenters. The minimum Gasteiger partial charge on any atom is -0.497 e. The summed E-state index contributed by atoms with van der Waals surface area (Å²) in [6, 6.07) is 8.06. The van der Waals surface area contributed by atoms with Crippen LogP contribution >= 0.6 is 34.5 Å². The normalized spacial score (nSPS) is 12.8. The van der Waals surface area contributed by atoms with E-state index in [-0.39, 0.29) is 26.7 Å². The van der Waals surface area contributed by atoms with Crippen LogP contribution in [-0.4, -0.2) is 39.9 Å². The first-order valence-corrected chi connectivity index (χ1v) is 9.77. The number of rotatable bonds is 8. The van der Waals surface area contributed by atoms with Gasteiger partial charge >= 0.3 is 0 Å². The van der Waals surface area contributed by atoms with Gasteiger partial charge < -0.3 is 14.6 Å². The Morgan fingerprint density at radius 1 is 1.25 bits per heavy atom. The number of hydrogen-bond acceptors (Lipinski definition) is 6. The third-order valence-corrected chi connectivity index (χ3v) is 6.10. The Bertz CT molecular complexity index is 777. The van der Waals surface area contributed by atoms with E-state index < -0.39 is 16.1 Å². The van der Waals surface area contributed by atoms with E-state index in [2.05, 4.69) is 4.72 Å². The zero-order valence-electron chi connectivity index (χ0n) is 12.5. The van der Waals surface area contributed by atoms with Gasteiger partial charge in [-0.05, 0) is 30.3 Å². The van der Waals surface area contributed by atoms with E-state index in [4.69, 9.17) is 32.7 Å². The predicted molar refractivity (Wildman–Crippen MR) is 94.0 cm³/mol. The van der Waals surface area contributed by atoms with Gasteiger partial charge in [0.2, 0.25) is 10.0 Å². The van der Waals surface area contributed by atoms with E-state index in [0.717, 1.165) is 11.3 Å². The number of hydrogen-bond donors (Lipinski definition) is 2. The molecule has 1 aromatic heterocycles. The van der Waals surface area contributed by atoms with Crippen molar-refractivity contribution in [1.29, 1.82) is 0 Å². The van der Waals surface area contributed by atoms with Crippen molar-refractivity contribution in [3.63, 3.8) is 0 Å². The summed E-state index contributed by atoms with van der Waals surface area (Å²) in [6.45, 7) is -0.296. The molecule has 1 aromatic carbocycles. The first-order valence-electron chi connectivity index (χ1n) is 6.71. The summed E-state index contributed by atoms with van der Waals surface area (Å²) in [4.78, 5) is -0.109. The van der Waals surface area contributed by atoms with Gasteiger partial charge in [-0.25, -0.2) is 13.1 Å². The van der Waals surface area contributed by atoms with Gasteiger partial charge in [-0.15, -0.1) is 11.3 Å². The van der Waals surface area contributed by atoms with Crippen molar-refractivity contribution in [2.75, 3.05) is 20.3 Å². The Hall–Kier alpha value is -1.03. The van der Waals surface area contributed by atoms with E-state index in [1.807, 2.05) is 0 Å². The lowest BCUT2D eigenvalue weighted by molar-refractivity contribution is 0.111. The minimum atomic E-state index is -3.85. The summed E-state index contributed by atoms with van der Waals surface area (Å²) < 4.78 is 37.2. The predicted octanol–water partition coefficient (Wildman–Crippen LogP) is 2.78. The van der Waals surface area contributed by atoms with Gasteiger partial charge in [-0.1, -0.05) is 23.2 Å². The molecule has 132 valence electrons. The zero-order chi connectivity index (χ0) is 17.7. The SMILES string of the molecule is COc1ccc(OC[C@H](O)CNS(=O)(=O)c2cc(Cl)sc2Cl)cc1. The number of ether oxygens (including phenoxy) is 2. The molecule has 0 fully saturated rings. The number of sulfonamides is 1. The average Bonchev–Trinajstić information content (AvgIpc) is 2.91. The Morgan fingerprint density at radius 2 is 1.88 bits per heavy atom. The fraction of sp³-hybridized carbons (Fsp3) is 0.286. The summed E-state index contributed by atoms with van der Waals surface area (Å²) >= 11 is 12.5. The third-order valence-electron chi connectivity index (χ3n) is 2.93. The Labute approximate surface area is 154 Å². The summed E-state index contributed by atoms with van der Waals surface area (Å²) in [5.74, 6) is 1.22. The topological polar surface area (TPSA) is 84.9 Å². The highest BCUT2D eigenvalue weighted by molar-refractivity contribution is 7.89. The summed E-state index contributed by atoms with van der Waals surface area (Å²) in [5.41, 5.74) is 0. The molecule has 0 saturated carbocycles. The molecule has 2 aromatic rings. The second-order valence-corrected chi connectivity index (χ2v) is 8.70. The Morgan fingerprint density at radius 3 is 2.42 bits per heavy atom. The lowest BCUT2D eigenvalue weighted by Crippen LogP contribution is -2.35. The van der Waals surface area contributed by atoms with Crippen LogP contribution in [-0.2, 0) is 10.0 Å². The maximum atomic E-state index is 12.1. The van der Waals surface area contributed by atoms with Crippen molar-refractivity contribution >= 4 is 44.6 Å². The molecular weight excluding hydrogens is 397 g/mol. The molecule has 10 heteroatoms. The molecule has 1 atom stereocenters. The lowest BCUT2D eigenvalue weighted by Gasteiger charge is -2.13. The molecular formula is C14H15Cl2NO5S2. The molecule has 24 heavy (non-hydrogen) atoms. The second-order valence-electron chi connectivity index (χ2n) is 4.68. The molecule has 2 N–H and O–H groups in total. The Kier molecular flexibility index (Phi) is 6.73. The van der Waals surface area contributed by atoms with Crippen molar-refractivity contribution in [2.45, 2.75) is 11.0 Å². The first-order chi connectivity index (χ1) is 11.3. The minimum absolute atomic E-state index is 0.0662. The lowest BCUT2D eigenvalue weighted by atomic mass is 10.3. The van der Waals surface area contributed by atoms with E-state index in [1.165, 1.54) is 6.07 Å². The number of aliphatic hydroxyl groups excluding tert-OH is 1. The van der Waals surface area contributed by atoms with Crippen LogP contribution in [0.4, 0.5) is 0 Å². The van der Waals surface area contributed by atoms with Crippen molar-refractivity contribution in [2.24, 2.45) is 0 Å². The molecule has 0 bridgehead atoms. The van der Waals surface area contributed by atoms with Crippen LogP contribution in [0.5, 0.6) is 11.5 Å². The molecule has 2 rings (SSSR count). The van der Waals surface area contributed by atoms with Crippen LogP contribution in [0.2, 0.25) is 8.67 Å². The number of aliphatic hydroxyl groups is 1. The number of nitrogens with one attached hydrogen (secondary N) is 1. The zero-order valence-corrected chi connectivity index (χ0v) is 15.7. The first kappa shape index (κ1) is 19.3. The number of halogens is 2. The number of benzene rings is 1. The van der Waals surface area contributed by atoms with Crippen LogP contribution in [0.1, 0.15) is 0 Å². The molecule has 0 amide bonds. The van der Waals surface area contributed by atoms with Crippen LogP contribution < -0.4 is 14.2 Å². The van der Waals surface area contributed by atoms with Crippen molar-refractivity contribution in [3.8, 4) is 11.5 Å². The van der Waals surface area contributed by atoms with Gasteiger partial charge in [0.15, 0.2) is 0 Å². The van der Waals surface area contributed by atoms with E-state index in [0.29, 0.717) is 11.5 Å². The van der Waals surface area contributed by atoms with Crippen LogP contribution in [0.15, 0.2) is 35.2 Å². The second kappa shape index (κ2) is 8.37. The summed E-state index contributed by atoms with van der Waals surface area (Å²) in [7, 11) is -2.29. The van der Waals surface area contributed by atoms with Gasteiger partial charge in [0, 0.05) is 6.54 Å². The Balaban J connectivity index is 1.86. The van der Waals surface area contributed by atoms with Crippen molar-refractivity contribution < 1.29 is 23.0 Å². The smallest absolute Gasteiger partial charge is 0.243 e. The fourth-order valence-electron chi connectivity index (χ4n) is 1.72. The standard InChI is InChI=1S/C14H15Cl2NO5S2/c1-21-10-2-4-11(5-3-10)22-8-9(18)7-17-24(19,20)12-6-13(15)23-14(12)16/h2-6,9,17-18H,7-8H2,1H3/t9-/m1/s1. The van der Waals surface area contributed by atoms with E-state index in [1.54, 1.807) is 31.4 Å². The summed E-state index contributed by atoms with van der Waals surface area (Å²) in [6.07, 6.45) is -1.03. The molecule has 6 nitrogen and oxygen atoms in total. The fourth-order valence-corrected chi connectivity index (χ4v) is 4.94. The number of thiophene rings is 1. The van der Waals surface area contributed by atoms with E-state index >= 15 is 0 Å². The molecule has 1 heterocycles. The monoisotopic (exact) mass is 411 g/mol. The van der Waals surface area contributed by atoms with Crippen LogP contribution in [0.25, 0.3) is 0 Å². The third kappa shape index (κ3) is 5.23. The van der Waals surface area contributed by atoms with Gasteiger partial charge in [-0.3, -0.25) is 0 Å². The van der Waals surface area contributed by atoms with Gasteiger partial charge in [0.1, 0.15) is 33.4 Å². The molecule has 0 saturated heterocycles. The summed E-state index contributed by atoms with van der Waals surface area (Å²) in [5, 5.41) is 9.86. The quantitative estimate of drug-likeness (QED) is 0.697. The van der Waals surface area contributed by atoms with Gasteiger partial charge in [0.05, 0.1) is 11.4 Å². The van der Waals surface area contributed by atoms with Crippen molar-refractivity contribution in [1.82, 2.24) is 4.72 Å². The molecule has 0 aliphatic rings. The average molecular weight is 412 g/mol. The van der Waals surface area contributed by atoms with Crippen molar-refractivity contribution in [3.05, 3.63) is 39.0 Å². The molecule has 0 spiro atoms. The molecule has 0 aliphatic heterocycles. The highest BCUT2D eigenvalue weighted by Gasteiger charge is 2.22. The molecule has 0 aliphatic carbocycles. The van der Waals surface area contributed by atoms with E-state index in [9.17, 15) is 13.5 Å². The van der Waals surface area contributed by atoms with Crippen LogP contribution in [0, 0.1) is 0 Å². The largest absolute Gasteiger partial charge is 0.497 e. The van der Waals surface area contributed by atoms with Crippen LogP contribution in [0.3, 0.4) is 0 Å². The highest BCUT2D eigenvalue weighted by Crippen LogP contribution is 2.34. The highest BCUT2D eigenvalue weighted by atomic mass is 35.5. The van der Waals surface area contributed by atoms with Gasteiger partial charge in [-0.2, -0.15) is 0 Å².